The van der Waals surface area contributed by atoms with E-state index in [1.54, 1.807) is 0 Å². The molecule has 1 aliphatic heterocycles. The smallest absolute Gasteiger partial charge is 0.165 e. The molecule has 0 saturated carbocycles. The molecule has 1 N–H and O–H groups in total. The number of ether oxygens (including phenoxy) is 2. The van der Waals surface area contributed by atoms with Crippen LogP contribution in [0, 0.1) is 0 Å². The van der Waals surface area contributed by atoms with Crippen molar-refractivity contribution in [2.24, 2.45) is 0 Å². The molecule has 3 rings (SSSR count). The highest BCUT2D eigenvalue weighted by Crippen LogP contribution is 2.33. The Morgan fingerprint density at radius 2 is 1.95 bits per heavy atom. The quantitative estimate of drug-likeness (QED) is 0.927. The van der Waals surface area contributed by atoms with Gasteiger partial charge < -0.3 is 14.8 Å². The number of nitrogens with one attached hydrogen (secondary N) is 1. The summed E-state index contributed by atoms with van der Waals surface area (Å²) < 4.78 is 11.3. The van der Waals surface area contributed by atoms with Gasteiger partial charge >= 0.3 is 0 Å². The highest BCUT2D eigenvalue weighted by Gasteiger charge is 2.16. The van der Waals surface area contributed by atoms with Gasteiger partial charge in [-0.25, -0.2) is 0 Å². The first-order chi connectivity index (χ1) is 10.2. The van der Waals surface area contributed by atoms with Crippen LogP contribution >= 0.6 is 11.6 Å². The van der Waals surface area contributed by atoms with E-state index < -0.39 is 0 Å². The molecule has 0 spiro atoms. The highest BCUT2D eigenvalue weighted by atomic mass is 35.5. The number of rotatable bonds is 4. The van der Waals surface area contributed by atoms with E-state index in [0.29, 0.717) is 13.2 Å². The molecule has 0 amide bonds. The highest BCUT2D eigenvalue weighted by molar-refractivity contribution is 6.30. The van der Waals surface area contributed by atoms with E-state index in [9.17, 15) is 0 Å². The fourth-order valence-corrected chi connectivity index (χ4v) is 2.63. The zero-order chi connectivity index (χ0) is 14.7. The van der Waals surface area contributed by atoms with Gasteiger partial charge in [-0.05, 0) is 30.7 Å². The third-order valence-corrected chi connectivity index (χ3v) is 3.83. The maximum atomic E-state index is 6.04. The molecular formula is C17H18ClNO2. The van der Waals surface area contributed by atoms with Gasteiger partial charge in [-0.15, -0.1) is 0 Å². The predicted molar refractivity (Wildman–Crippen MR) is 84.1 cm³/mol. The Hall–Kier alpha value is -1.71. The Kier molecular flexibility index (Phi) is 4.32. The summed E-state index contributed by atoms with van der Waals surface area (Å²) in [7, 11) is 0. The van der Waals surface area contributed by atoms with Gasteiger partial charge in [0.15, 0.2) is 11.5 Å². The summed E-state index contributed by atoms with van der Waals surface area (Å²) in [6, 6.07) is 14.1. The summed E-state index contributed by atoms with van der Waals surface area (Å²) in [4.78, 5) is 0. The number of hydrogen-bond acceptors (Lipinski definition) is 3. The lowest BCUT2D eigenvalue weighted by atomic mass is 10.1. The van der Waals surface area contributed by atoms with Crippen LogP contribution in [0.5, 0.6) is 11.5 Å². The largest absolute Gasteiger partial charge is 0.486 e. The predicted octanol–water partition coefficient (Wildman–Crippen LogP) is 3.96. The number of para-hydroxylation sites is 1. The van der Waals surface area contributed by atoms with Gasteiger partial charge in [0.2, 0.25) is 0 Å². The van der Waals surface area contributed by atoms with Gasteiger partial charge in [-0.2, -0.15) is 0 Å². The van der Waals surface area contributed by atoms with E-state index in [4.69, 9.17) is 21.1 Å². The van der Waals surface area contributed by atoms with Gasteiger partial charge in [0, 0.05) is 23.2 Å². The van der Waals surface area contributed by atoms with Crippen molar-refractivity contribution in [3.63, 3.8) is 0 Å². The van der Waals surface area contributed by atoms with Crippen molar-refractivity contribution in [2.45, 2.75) is 19.5 Å². The van der Waals surface area contributed by atoms with Crippen LogP contribution in [0.15, 0.2) is 42.5 Å². The summed E-state index contributed by atoms with van der Waals surface area (Å²) >= 11 is 6.04. The number of halogens is 1. The second-order valence-electron chi connectivity index (χ2n) is 5.10. The number of fused-ring (bicyclic) bond motifs is 1. The van der Waals surface area contributed by atoms with E-state index in [1.165, 1.54) is 5.56 Å². The molecule has 0 bridgehead atoms. The third-order valence-electron chi connectivity index (χ3n) is 3.60. The van der Waals surface area contributed by atoms with Crippen molar-refractivity contribution >= 4 is 11.6 Å². The summed E-state index contributed by atoms with van der Waals surface area (Å²) in [6.45, 7) is 4.06. The number of benzene rings is 2. The van der Waals surface area contributed by atoms with Crippen LogP contribution in [0.3, 0.4) is 0 Å². The molecule has 1 atom stereocenters. The second kappa shape index (κ2) is 6.37. The van der Waals surface area contributed by atoms with Gasteiger partial charge in [-0.1, -0.05) is 35.9 Å². The molecule has 3 nitrogen and oxygen atoms in total. The zero-order valence-electron chi connectivity index (χ0n) is 11.9. The monoisotopic (exact) mass is 303 g/mol. The van der Waals surface area contributed by atoms with Crippen LogP contribution in [0.2, 0.25) is 5.02 Å². The Labute approximate surface area is 129 Å². The summed E-state index contributed by atoms with van der Waals surface area (Å²) in [5.74, 6) is 1.69. The minimum atomic E-state index is 0.212. The van der Waals surface area contributed by atoms with Crippen LogP contribution in [0.25, 0.3) is 0 Å². The van der Waals surface area contributed by atoms with Crippen LogP contribution in [0.4, 0.5) is 0 Å². The maximum Gasteiger partial charge on any atom is 0.165 e. The summed E-state index contributed by atoms with van der Waals surface area (Å²) in [5.41, 5.74) is 2.28. The van der Waals surface area contributed by atoms with E-state index in [1.807, 2.05) is 30.3 Å². The molecule has 4 heteroatoms. The lowest BCUT2D eigenvalue weighted by molar-refractivity contribution is 0.169. The van der Waals surface area contributed by atoms with Gasteiger partial charge in [0.25, 0.3) is 0 Å². The first-order valence-electron chi connectivity index (χ1n) is 7.10. The van der Waals surface area contributed by atoms with Gasteiger partial charge in [-0.3, -0.25) is 0 Å². The van der Waals surface area contributed by atoms with Crippen molar-refractivity contribution in [3.8, 4) is 11.5 Å². The van der Waals surface area contributed by atoms with Crippen molar-refractivity contribution in [1.29, 1.82) is 0 Å². The van der Waals surface area contributed by atoms with Crippen molar-refractivity contribution in [1.82, 2.24) is 5.32 Å². The molecule has 1 aliphatic rings. The molecule has 0 unspecified atom stereocenters. The minimum absolute atomic E-state index is 0.212. The maximum absolute atomic E-state index is 6.04. The lowest BCUT2D eigenvalue weighted by Crippen LogP contribution is -2.21. The van der Waals surface area contributed by atoms with Crippen molar-refractivity contribution in [2.75, 3.05) is 13.2 Å². The standard InChI is InChI=1S/C17H18ClNO2/c1-12(13-4-2-6-15(18)10-13)19-11-14-5-3-7-16-17(14)21-9-8-20-16/h2-7,10,12,19H,8-9,11H2,1H3/t12-/m0/s1. The molecule has 2 aromatic rings. The molecule has 0 saturated heterocycles. The van der Waals surface area contributed by atoms with E-state index in [-0.39, 0.29) is 6.04 Å². The Balaban J connectivity index is 1.70. The first-order valence-corrected chi connectivity index (χ1v) is 7.48. The molecule has 1 heterocycles. The van der Waals surface area contributed by atoms with Crippen LogP contribution in [0.1, 0.15) is 24.1 Å². The fraction of sp³-hybridized carbons (Fsp3) is 0.294. The van der Waals surface area contributed by atoms with Gasteiger partial charge in [0.1, 0.15) is 13.2 Å². The number of hydrogen-bond donors (Lipinski definition) is 1. The minimum Gasteiger partial charge on any atom is -0.486 e. The van der Waals surface area contributed by atoms with E-state index >= 15 is 0 Å². The molecule has 2 aromatic carbocycles. The Morgan fingerprint density at radius 1 is 1.14 bits per heavy atom. The van der Waals surface area contributed by atoms with Crippen molar-refractivity contribution < 1.29 is 9.47 Å². The summed E-state index contributed by atoms with van der Waals surface area (Å²) in [5, 5.41) is 4.26. The second-order valence-corrected chi connectivity index (χ2v) is 5.54. The molecule has 0 aliphatic carbocycles. The molecule has 0 radical (unpaired) electrons. The third kappa shape index (κ3) is 3.31. The molecule has 0 fully saturated rings. The van der Waals surface area contributed by atoms with Crippen LogP contribution in [-0.4, -0.2) is 13.2 Å². The average molecular weight is 304 g/mol. The first kappa shape index (κ1) is 14.2. The van der Waals surface area contributed by atoms with Crippen molar-refractivity contribution in [3.05, 3.63) is 58.6 Å². The van der Waals surface area contributed by atoms with E-state index in [0.717, 1.165) is 28.6 Å². The van der Waals surface area contributed by atoms with E-state index in [2.05, 4.69) is 24.4 Å². The zero-order valence-corrected chi connectivity index (χ0v) is 12.7. The Morgan fingerprint density at radius 3 is 2.81 bits per heavy atom. The van der Waals surface area contributed by atoms with Crippen LogP contribution in [-0.2, 0) is 6.54 Å². The molecular weight excluding hydrogens is 286 g/mol. The molecule has 21 heavy (non-hydrogen) atoms. The normalized spacial score (nSPS) is 14.8. The lowest BCUT2D eigenvalue weighted by Gasteiger charge is -2.22. The topological polar surface area (TPSA) is 30.5 Å². The SMILES string of the molecule is C[C@H](NCc1cccc2c1OCCO2)c1cccc(Cl)c1. The fourth-order valence-electron chi connectivity index (χ4n) is 2.43. The Bertz CT molecular complexity index is 630. The molecule has 0 aromatic heterocycles. The van der Waals surface area contributed by atoms with Gasteiger partial charge in [0.05, 0.1) is 0 Å². The summed E-state index contributed by atoms with van der Waals surface area (Å²) in [6.07, 6.45) is 0. The van der Waals surface area contributed by atoms with Crippen LogP contribution < -0.4 is 14.8 Å². The average Bonchev–Trinajstić information content (AvgIpc) is 2.52. The molecule has 110 valence electrons.